The van der Waals surface area contributed by atoms with Crippen LogP contribution in [0.4, 0.5) is 0 Å². The van der Waals surface area contributed by atoms with Gasteiger partial charge in [0.1, 0.15) is 5.75 Å². The molecule has 0 aliphatic rings. The van der Waals surface area contributed by atoms with Crippen LogP contribution in [0.3, 0.4) is 0 Å². The Kier molecular flexibility index (Phi) is 5.88. The molecule has 0 aromatic heterocycles. The molecule has 2 aromatic rings. The SMILES string of the molecule is CCOc1ccccc1C(=O)NCC#Cc1cccc(Cl)c1. The van der Waals surface area contributed by atoms with Crippen LogP contribution in [0, 0.1) is 11.8 Å². The zero-order valence-electron chi connectivity index (χ0n) is 12.2. The Morgan fingerprint density at radius 2 is 2.05 bits per heavy atom. The number of benzene rings is 2. The molecule has 2 aromatic carbocycles. The summed E-state index contributed by atoms with van der Waals surface area (Å²) in [6.07, 6.45) is 0. The monoisotopic (exact) mass is 313 g/mol. The van der Waals surface area contributed by atoms with E-state index in [-0.39, 0.29) is 12.5 Å². The zero-order chi connectivity index (χ0) is 15.8. The molecule has 0 saturated heterocycles. The van der Waals surface area contributed by atoms with Gasteiger partial charge in [-0.2, -0.15) is 0 Å². The van der Waals surface area contributed by atoms with Gasteiger partial charge in [-0.25, -0.2) is 0 Å². The molecule has 22 heavy (non-hydrogen) atoms. The van der Waals surface area contributed by atoms with Crippen LogP contribution < -0.4 is 10.1 Å². The first kappa shape index (κ1) is 15.9. The van der Waals surface area contributed by atoms with Crippen LogP contribution in [-0.4, -0.2) is 19.1 Å². The molecule has 0 heterocycles. The normalized spacial score (nSPS) is 9.55. The molecule has 0 atom stereocenters. The van der Waals surface area contributed by atoms with Crippen molar-refractivity contribution in [3.05, 3.63) is 64.7 Å². The molecule has 0 fully saturated rings. The van der Waals surface area contributed by atoms with Crippen LogP contribution in [0.5, 0.6) is 5.75 Å². The number of rotatable bonds is 4. The first-order valence-electron chi connectivity index (χ1n) is 6.95. The molecule has 0 spiro atoms. The summed E-state index contributed by atoms with van der Waals surface area (Å²) in [5, 5.41) is 3.40. The highest BCUT2D eigenvalue weighted by Gasteiger charge is 2.10. The van der Waals surface area contributed by atoms with Crippen LogP contribution in [0.1, 0.15) is 22.8 Å². The minimum Gasteiger partial charge on any atom is -0.493 e. The standard InChI is InChI=1S/C18H16ClNO2/c1-2-22-17-11-4-3-10-16(17)18(21)20-12-6-8-14-7-5-9-15(19)13-14/h3-5,7,9-11,13H,2,12H2,1H3,(H,20,21). The van der Waals surface area contributed by atoms with Crippen molar-refractivity contribution in [3.8, 4) is 17.6 Å². The van der Waals surface area contributed by atoms with E-state index in [9.17, 15) is 4.79 Å². The predicted molar refractivity (Wildman–Crippen MR) is 88.3 cm³/mol. The maximum atomic E-state index is 12.1. The van der Waals surface area contributed by atoms with Crippen molar-refractivity contribution in [1.29, 1.82) is 0 Å². The summed E-state index contributed by atoms with van der Waals surface area (Å²) in [5.74, 6) is 6.22. The van der Waals surface area contributed by atoms with Crippen LogP contribution in [0.25, 0.3) is 0 Å². The van der Waals surface area contributed by atoms with E-state index < -0.39 is 0 Å². The number of nitrogens with one attached hydrogen (secondary N) is 1. The topological polar surface area (TPSA) is 38.3 Å². The van der Waals surface area contributed by atoms with Gasteiger partial charge in [0.25, 0.3) is 5.91 Å². The van der Waals surface area contributed by atoms with Crippen LogP contribution in [0.2, 0.25) is 5.02 Å². The van der Waals surface area contributed by atoms with Gasteiger partial charge in [-0.3, -0.25) is 4.79 Å². The zero-order valence-corrected chi connectivity index (χ0v) is 13.0. The van der Waals surface area contributed by atoms with Gasteiger partial charge < -0.3 is 10.1 Å². The predicted octanol–water partition coefficient (Wildman–Crippen LogP) is 3.52. The lowest BCUT2D eigenvalue weighted by Crippen LogP contribution is -2.24. The lowest BCUT2D eigenvalue weighted by Gasteiger charge is -2.08. The first-order chi connectivity index (χ1) is 10.7. The molecule has 0 radical (unpaired) electrons. The number of para-hydroxylation sites is 1. The van der Waals surface area contributed by atoms with Gasteiger partial charge in [-0.1, -0.05) is 41.6 Å². The molecule has 2 rings (SSSR count). The molecule has 1 amide bonds. The summed E-state index contributed by atoms with van der Waals surface area (Å²) in [5.41, 5.74) is 1.32. The van der Waals surface area contributed by atoms with Crippen molar-refractivity contribution in [2.75, 3.05) is 13.2 Å². The maximum Gasteiger partial charge on any atom is 0.255 e. The Bertz CT molecular complexity index is 716. The second kappa shape index (κ2) is 8.11. The van der Waals surface area contributed by atoms with E-state index in [0.717, 1.165) is 5.56 Å². The fourth-order valence-electron chi connectivity index (χ4n) is 1.87. The van der Waals surface area contributed by atoms with E-state index >= 15 is 0 Å². The number of halogens is 1. The third-order valence-electron chi connectivity index (χ3n) is 2.83. The van der Waals surface area contributed by atoms with Crippen molar-refractivity contribution in [1.82, 2.24) is 5.32 Å². The molecule has 0 saturated carbocycles. The Morgan fingerprint density at radius 3 is 2.82 bits per heavy atom. The highest BCUT2D eigenvalue weighted by Crippen LogP contribution is 2.17. The van der Waals surface area contributed by atoms with Gasteiger partial charge in [0.05, 0.1) is 18.7 Å². The molecule has 1 N–H and O–H groups in total. The van der Waals surface area contributed by atoms with E-state index in [1.807, 2.05) is 25.1 Å². The van der Waals surface area contributed by atoms with E-state index in [0.29, 0.717) is 22.9 Å². The summed E-state index contributed by atoms with van der Waals surface area (Å²) in [6, 6.07) is 14.4. The van der Waals surface area contributed by atoms with Crippen LogP contribution in [0.15, 0.2) is 48.5 Å². The number of hydrogen-bond donors (Lipinski definition) is 1. The average Bonchev–Trinajstić information content (AvgIpc) is 2.52. The number of ether oxygens (including phenoxy) is 1. The number of carbonyl (C=O) groups is 1. The van der Waals surface area contributed by atoms with E-state index in [1.54, 1.807) is 30.3 Å². The maximum absolute atomic E-state index is 12.1. The van der Waals surface area contributed by atoms with Gasteiger partial charge >= 0.3 is 0 Å². The van der Waals surface area contributed by atoms with Gasteiger partial charge in [0.2, 0.25) is 0 Å². The van der Waals surface area contributed by atoms with Gasteiger partial charge in [-0.15, -0.1) is 0 Å². The van der Waals surface area contributed by atoms with Gasteiger partial charge in [0, 0.05) is 10.6 Å². The minimum absolute atomic E-state index is 0.204. The molecular formula is C18H16ClNO2. The first-order valence-corrected chi connectivity index (χ1v) is 7.33. The Hall–Kier alpha value is -2.44. The van der Waals surface area contributed by atoms with Crippen molar-refractivity contribution in [2.45, 2.75) is 6.92 Å². The highest BCUT2D eigenvalue weighted by molar-refractivity contribution is 6.30. The quantitative estimate of drug-likeness (QED) is 0.877. The molecule has 112 valence electrons. The molecule has 0 aliphatic heterocycles. The number of carbonyl (C=O) groups excluding carboxylic acids is 1. The molecule has 4 heteroatoms. The molecule has 0 unspecified atom stereocenters. The molecule has 0 bridgehead atoms. The van der Waals surface area contributed by atoms with Gasteiger partial charge in [-0.05, 0) is 37.3 Å². The fourth-order valence-corrected chi connectivity index (χ4v) is 2.06. The van der Waals surface area contributed by atoms with Crippen molar-refractivity contribution < 1.29 is 9.53 Å². The summed E-state index contributed by atoms with van der Waals surface area (Å²) < 4.78 is 5.44. The van der Waals surface area contributed by atoms with Crippen LogP contribution >= 0.6 is 11.6 Å². The average molecular weight is 314 g/mol. The van der Waals surface area contributed by atoms with E-state index in [4.69, 9.17) is 16.3 Å². The second-order valence-electron chi connectivity index (χ2n) is 4.42. The summed E-state index contributed by atoms with van der Waals surface area (Å²) in [6.45, 7) is 2.65. The summed E-state index contributed by atoms with van der Waals surface area (Å²) in [4.78, 5) is 12.1. The largest absolute Gasteiger partial charge is 0.493 e. The van der Waals surface area contributed by atoms with Gasteiger partial charge in [0.15, 0.2) is 0 Å². The van der Waals surface area contributed by atoms with Crippen molar-refractivity contribution >= 4 is 17.5 Å². The third kappa shape index (κ3) is 4.54. The second-order valence-corrected chi connectivity index (χ2v) is 4.86. The summed E-state index contributed by atoms with van der Waals surface area (Å²) >= 11 is 5.88. The van der Waals surface area contributed by atoms with E-state index in [2.05, 4.69) is 17.2 Å². The number of hydrogen-bond acceptors (Lipinski definition) is 2. The Balaban J connectivity index is 1.97. The molecular weight excluding hydrogens is 298 g/mol. The Labute approximate surface area is 135 Å². The lowest BCUT2D eigenvalue weighted by atomic mass is 10.2. The molecule has 3 nitrogen and oxygen atoms in total. The smallest absolute Gasteiger partial charge is 0.255 e. The van der Waals surface area contributed by atoms with E-state index in [1.165, 1.54) is 0 Å². The van der Waals surface area contributed by atoms with Crippen molar-refractivity contribution in [2.24, 2.45) is 0 Å². The summed E-state index contributed by atoms with van der Waals surface area (Å²) in [7, 11) is 0. The third-order valence-corrected chi connectivity index (χ3v) is 3.06. The molecule has 0 aliphatic carbocycles. The highest BCUT2D eigenvalue weighted by atomic mass is 35.5. The van der Waals surface area contributed by atoms with Crippen molar-refractivity contribution in [3.63, 3.8) is 0 Å². The fraction of sp³-hybridized carbons (Fsp3) is 0.167. The Morgan fingerprint density at radius 1 is 1.23 bits per heavy atom. The van der Waals surface area contributed by atoms with Crippen LogP contribution in [-0.2, 0) is 0 Å². The lowest BCUT2D eigenvalue weighted by molar-refractivity contribution is 0.0955. The number of amides is 1. The minimum atomic E-state index is -0.204.